The number of carbonyl (C=O) groups is 2. The molecule has 0 bridgehead atoms. The zero-order valence-electron chi connectivity index (χ0n) is 15.2. The molecule has 0 spiro atoms. The first kappa shape index (κ1) is 17.9. The number of carbonyl (C=O) groups excluding carboxylic acids is 2. The molecule has 5 heteroatoms. The first-order valence-corrected chi connectivity index (χ1v) is 9.42. The van der Waals surface area contributed by atoms with Crippen molar-refractivity contribution in [3.63, 3.8) is 0 Å². The molecule has 0 aliphatic carbocycles. The van der Waals surface area contributed by atoms with E-state index in [1.807, 2.05) is 28.0 Å². The Hall–Kier alpha value is -1.88. The number of rotatable bonds is 4. The molecule has 0 unspecified atom stereocenters. The Balaban J connectivity index is 1.42. The standard InChI is InChI=1S/C20H29N3O2/c1-21-13-15-23(16-14-21)20(25)18-9-11-22(12-10-18)19(24)8-7-17-5-3-2-4-6-17/h2-6,18H,7-16H2,1H3. The van der Waals surface area contributed by atoms with Crippen LogP contribution in [0.25, 0.3) is 0 Å². The van der Waals surface area contributed by atoms with Crippen molar-refractivity contribution in [1.82, 2.24) is 14.7 Å². The first-order valence-electron chi connectivity index (χ1n) is 9.42. The van der Waals surface area contributed by atoms with Crippen LogP contribution < -0.4 is 0 Å². The van der Waals surface area contributed by atoms with E-state index in [2.05, 4.69) is 24.1 Å². The fraction of sp³-hybridized carbons (Fsp3) is 0.600. The Morgan fingerprint density at radius 3 is 2.20 bits per heavy atom. The number of benzene rings is 1. The Morgan fingerprint density at radius 1 is 0.920 bits per heavy atom. The second kappa shape index (κ2) is 8.48. The molecular weight excluding hydrogens is 314 g/mol. The highest BCUT2D eigenvalue weighted by molar-refractivity contribution is 5.80. The molecule has 0 saturated carbocycles. The molecule has 25 heavy (non-hydrogen) atoms. The van der Waals surface area contributed by atoms with Crippen LogP contribution in [0, 0.1) is 5.92 Å². The largest absolute Gasteiger partial charge is 0.343 e. The highest BCUT2D eigenvalue weighted by atomic mass is 16.2. The maximum Gasteiger partial charge on any atom is 0.225 e. The van der Waals surface area contributed by atoms with Gasteiger partial charge in [0.1, 0.15) is 0 Å². The topological polar surface area (TPSA) is 43.9 Å². The van der Waals surface area contributed by atoms with Crippen molar-refractivity contribution in [2.24, 2.45) is 5.92 Å². The highest BCUT2D eigenvalue weighted by Crippen LogP contribution is 2.21. The normalized spacial score (nSPS) is 19.9. The Labute approximate surface area is 150 Å². The number of hydrogen-bond acceptors (Lipinski definition) is 3. The third-order valence-corrected chi connectivity index (χ3v) is 5.48. The van der Waals surface area contributed by atoms with Crippen LogP contribution in [0.5, 0.6) is 0 Å². The van der Waals surface area contributed by atoms with E-state index < -0.39 is 0 Å². The lowest BCUT2D eigenvalue weighted by Gasteiger charge is -2.37. The average Bonchev–Trinajstić information content (AvgIpc) is 2.67. The highest BCUT2D eigenvalue weighted by Gasteiger charge is 2.31. The van der Waals surface area contributed by atoms with E-state index in [9.17, 15) is 9.59 Å². The van der Waals surface area contributed by atoms with Gasteiger partial charge in [-0.05, 0) is 31.9 Å². The summed E-state index contributed by atoms with van der Waals surface area (Å²) in [5.74, 6) is 0.611. The molecule has 2 aliphatic heterocycles. The Morgan fingerprint density at radius 2 is 1.56 bits per heavy atom. The van der Waals surface area contributed by atoms with Crippen LogP contribution in [0.1, 0.15) is 24.8 Å². The zero-order chi connectivity index (χ0) is 17.6. The van der Waals surface area contributed by atoms with Gasteiger partial charge < -0.3 is 14.7 Å². The van der Waals surface area contributed by atoms with E-state index in [1.165, 1.54) is 5.56 Å². The predicted octanol–water partition coefficient (Wildman–Crippen LogP) is 1.63. The first-order chi connectivity index (χ1) is 12.1. The lowest BCUT2D eigenvalue weighted by Crippen LogP contribution is -2.51. The van der Waals surface area contributed by atoms with E-state index in [0.29, 0.717) is 12.3 Å². The SMILES string of the molecule is CN1CCN(C(=O)C2CCN(C(=O)CCc3ccccc3)CC2)CC1. The van der Waals surface area contributed by atoms with Crippen molar-refractivity contribution in [1.29, 1.82) is 0 Å². The van der Waals surface area contributed by atoms with Crippen molar-refractivity contribution < 1.29 is 9.59 Å². The fourth-order valence-electron chi connectivity index (χ4n) is 3.71. The van der Waals surface area contributed by atoms with Gasteiger partial charge in [0.15, 0.2) is 0 Å². The molecule has 2 saturated heterocycles. The third-order valence-electron chi connectivity index (χ3n) is 5.48. The molecule has 0 N–H and O–H groups in total. The van der Waals surface area contributed by atoms with Gasteiger partial charge in [0, 0.05) is 51.6 Å². The Bertz CT molecular complexity index is 574. The number of hydrogen-bond donors (Lipinski definition) is 0. The van der Waals surface area contributed by atoms with Gasteiger partial charge in [-0.2, -0.15) is 0 Å². The van der Waals surface area contributed by atoms with E-state index in [4.69, 9.17) is 0 Å². The molecule has 3 rings (SSSR count). The second-order valence-corrected chi connectivity index (χ2v) is 7.27. The summed E-state index contributed by atoms with van der Waals surface area (Å²) in [7, 11) is 2.10. The van der Waals surface area contributed by atoms with Crippen LogP contribution in [0.4, 0.5) is 0 Å². The number of aryl methyl sites for hydroxylation is 1. The summed E-state index contributed by atoms with van der Waals surface area (Å²) >= 11 is 0. The minimum atomic E-state index is 0.0987. The zero-order valence-corrected chi connectivity index (χ0v) is 15.2. The van der Waals surface area contributed by atoms with Gasteiger partial charge in [0.05, 0.1) is 0 Å². The number of likely N-dealkylation sites (tertiary alicyclic amines) is 1. The summed E-state index contributed by atoms with van der Waals surface area (Å²) in [5.41, 5.74) is 1.20. The van der Waals surface area contributed by atoms with Crippen molar-refractivity contribution in [3.05, 3.63) is 35.9 Å². The van der Waals surface area contributed by atoms with E-state index in [1.54, 1.807) is 0 Å². The molecule has 2 fully saturated rings. The van der Waals surface area contributed by atoms with Gasteiger partial charge in [0.25, 0.3) is 0 Å². The monoisotopic (exact) mass is 343 g/mol. The van der Waals surface area contributed by atoms with Gasteiger partial charge in [-0.3, -0.25) is 9.59 Å². The Kier molecular flexibility index (Phi) is 6.08. The van der Waals surface area contributed by atoms with Crippen LogP contribution in [0.3, 0.4) is 0 Å². The van der Waals surface area contributed by atoms with Crippen LogP contribution in [-0.4, -0.2) is 72.8 Å². The summed E-state index contributed by atoms with van der Waals surface area (Å²) in [6, 6.07) is 10.1. The fourth-order valence-corrected chi connectivity index (χ4v) is 3.71. The summed E-state index contributed by atoms with van der Waals surface area (Å²) in [6.07, 6.45) is 2.96. The summed E-state index contributed by atoms with van der Waals surface area (Å²) in [6.45, 7) is 5.04. The maximum absolute atomic E-state index is 12.7. The predicted molar refractivity (Wildman–Crippen MR) is 98.1 cm³/mol. The van der Waals surface area contributed by atoms with Crippen molar-refractivity contribution in [2.45, 2.75) is 25.7 Å². The number of likely N-dealkylation sites (N-methyl/N-ethyl adjacent to an activating group) is 1. The number of nitrogens with zero attached hydrogens (tertiary/aromatic N) is 3. The molecule has 0 aromatic heterocycles. The summed E-state index contributed by atoms with van der Waals surface area (Å²) in [5, 5.41) is 0. The molecule has 0 atom stereocenters. The second-order valence-electron chi connectivity index (χ2n) is 7.27. The summed E-state index contributed by atoms with van der Waals surface area (Å²) in [4.78, 5) is 31.3. The van der Waals surface area contributed by atoms with E-state index >= 15 is 0 Å². The average molecular weight is 343 g/mol. The summed E-state index contributed by atoms with van der Waals surface area (Å²) < 4.78 is 0. The van der Waals surface area contributed by atoms with E-state index in [-0.39, 0.29) is 11.8 Å². The van der Waals surface area contributed by atoms with Crippen LogP contribution in [0.2, 0.25) is 0 Å². The van der Waals surface area contributed by atoms with Gasteiger partial charge in [-0.15, -0.1) is 0 Å². The third kappa shape index (κ3) is 4.82. The molecule has 5 nitrogen and oxygen atoms in total. The van der Waals surface area contributed by atoms with Crippen molar-refractivity contribution in [3.8, 4) is 0 Å². The number of piperazine rings is 1. The van der Waals surface area contributed by atoms with Gasteiger partial charge in [-0.1, -0.05) is 30.3 Å². The van der Waals surface area contributed by atoms with Crippen molar-refractivity contribution >= 4 is 11.8 Å². The number of amides is 2. The lowest BCUT2D eigenvalue weighted by molar-refractivity contribution is -0.141. The molecule has 0 radical (unpaired) electrons. The van der Waals surface area contributed by atoms with Crippen LogP contribution in [-0.2, 0) is 16.0 Å². The molecule has 1 aromatic rings. The molecule has 2 aliphatic rings. The van der Waals surface area contributed by atoms with Crippen LogP contribution >= 0.6 is 0 Å². The van der Waals surface area contributed by atoms with Crippen molar-refractivity contribution in [2.75, 3.05) is 46.3 Å². The van der Waals surface area contributed by atoms with Gasteiger partial charge in [-0.25, -0.2) is 0 Å². The molecule has 2 amide bonds. The quantitative estimate of drug-likeness (QED) is 0.835. The molecule has 1 aromatic carbocycles. The van der Waals surface area contributed by atoms with E-state index in [0.717, 1.165) is 58.5 Å². The lowest BCUT2D eigenvalue weighted by atomic mass is 9.94. The van der Waals surface area contributed by atoms with Gasteiger partial charge in [0.2, 0.25) is 11.8 Å². The molecule has 136 valence electrons. The molecule has 2 heterocycles. The smallest absolute Gasteiger partial charge is 0.225 e. The maximum atomic E-state index is 12.7. The number of piperidine rings is 1. The minimum absolute atomic E-state index is 0.0987. The van der Waals surface area contributed by atoms with Crippen LogP contribution in [0.15, 0.2) is 30.3 Å². The minimum Gasteiger partial charge on any atom is -0.343 e. The molecular formula is C20H29N3O2. The van der Waals surface area contributed by atoms with Gasteiger partial charge >= 0.3 is 0 Å².